The molecule has 1 aliphatic carbocycles. The number of amides is 5. The molecule has 0 radical (unpaired) electrons. The summed E-state index contributed by atoms with van der Waals surface area (Å²) in [5, 5.41) is 6.65. The fourth-order valence-electron chi connectivity index (χ4n) is 3.75. The van der Waals surface area contributed by atoms with Crippen molar-refractivity contribution in [2.24, 2.45) is 0 Å². The Balaban J connectivity index is 1.49. The Kier molecular flexibility index (Phi) is 4.74. The first-order valence-corrected chi connectivity index (χ1v) is 9.50. The summed E-state index contributed by atoms with van der Waals surface area (Å²) in [5.74, 6) is -3.69. The minimum atomic E-state index is -4.55. The van der Waals surface area contributed by atoms with E-state index in [0.717, 1.165) is 4.90 Å². The van der Waals surface area contributed by atoms with Crippen LogP contribution in [0, 0.1) is 0 Å². The van der Waals surface area contributed by atoms with Crippen LogP contribution in [-0.4, -0.2) is 58.7 Å². The average Bonchev–Trinajstić information content (AvgIpc) is 3.43. The van der Waals surface area contributed by atoms with Crippen molar-refractivity contribution in [3.8, 4) is 0 Å². The second-order valence-corrected chi connectivity index (χ2v) is 7.66. The molecular formula is C19H17F3N4O5. The van der Waals surface area contributed by atoms with Crippen LogP contribution in [0.4, 0.5) is 18.9 Å². The average molecular weight is 438 g/mol. The van der Waals surface area contributed by atoms with E-state index in [1.807, 2.05) is 5.32 Å². The summed E-state index contributed by atoms with van der Waals surface area (Å²) < 4.78 is 39.0. The predicted octanol–water partition coefficient (Wildman–Crippen LogP) is 0.711. The van der Waals surface area contributed by atoms with Gasteiger partial charge in [-0.25, -0.2) is 0 Å². The standard InChI is InChI=1S/C19H17F3N4O5/c20-19(21,22)18(6-7-18)25-13(28)8-23-10-3-1-2-9-14(10)17(31)26(16(9)30)11-4-5-12(27)24-15(11)29/h1-3,11,23H,4-8H2,(H,25,28)(H,24,27,29). The van der Waals surface area contributed by atoms with E-state index in [1.165, 1.54) is 18.2 Å². The smallest absolute Gasteiger partial charge is 0.375 e. The monoisotopic (exact) mass is 438 g/mol. The second-order valence-electron chi connectivity index (χ2n) is 7.66. The van der Waals surface area contributed by atoms with Crippen molar-refractivity contribution in [1.29, 1.82) is 0 Å². The molecule has 1 aromatic carbocycles. The third-order valence-corrected chi connectivity index (χ3v) is 5.58. The Hall–Kier alpha value is -3.44. The van der Waals surface area contributed by atoms with Crippen LogP contribution in [0.2, 0.25) is 0 Å². The highest BCUT2D eigenvalue weighted by Crippen LogP contribution is 2.48. The van der Waals surface area contributed by atoms with Crippen molar-refractivity contribution >= 4 is 35.2 Å². The SMILES string of the molecule is O=C1CCC(N2C(=O)c3cccc(NCC(=O)NC4(C(F)(F)F)CC4)c3C2=O)C(=O)N1. The second kappa shape index (κ2) is 7.06. The Morgan fingerprint density at radius 3 is 2.48 bits per heavy atom. The molecular weight excluding hydrogens is 421 g/mol. The molecule has 3 aliphatic rings. The van der Waals surface area contributed by atoms with Crippen LogP contribution in [0.25, 0.3) is 0 Å². The maximum Gasteiger partial charge on any atom is 0.411 e. The van der Waals surface area contributed by atoms with Crippen LogP contribution < -0.4 is 16.0 Å². The van der Waals surface area contributed by atoms with Crippen LogP contribution in [0.3, 0.4) is 0 Å². The largest absolute Gasteiger partial charge is 0.411 e. The number of nitrogens with one attached hydrogen (secondary N) is 3. The molecule has 2 aliphatic heterocycles. The number of halogens is 3. The fraction of sp³-hybridized carbons (Fsp3) is 0.421. The van der Waals surface area contributed by atoms with Crippen molar-refractivity contribution in [2.75, 3.05) is 11.9 Å². The van der Waals surface area contributed by atoms with Gasteiger partial charge >= 0.3 is 6.18 Å². The van der Waals surface area contributed by atoms with Crippen LogP contribution in [0.5, 0.6) is 0 Å². The summed E-state index contributed by atoms with van der Waals surface area (Å²) >= 11 is 0. The van der Waals surface area contributed by atoms with Gasteiger partial charge in [-0.15, -0.1) is 0 Å². The highest BCUT2D eigenvalue weighted by Gasteiger charge is 2.64. The summed E-state index contributed by atoms with van der Waals surface area (Å²) in [5.41, 5.74) is -2.22. The van der Waals surface area contributed by atoms with Gasteiger partial charge in [-0.1, -0.05) is 6.07 Å². The van der Waals surface area contributed by atoms with E-state index in [-0.39, 0.29) is 42.5 Å². The molecule has 1 saturated carbocycles. The zero-order valence-electron chi connectivity index (χ0n) is 16.0. The minimum Gasteiger partial charge on any atom is -0.375 e. The third kappa shape index (κ3) is 3.51. The lowest BCUT2D eigenvalue weighted by atomic mass is 10.0. The molecule has 12 heteroatoms. The van der Waals surface area contributed by atoms with Crippen molar-refractivity contribution < 1.29 is 37.1 Å². The lowest BCUT2D eigenvalue weighted by Gasteiger charge is -2.27. The number of nitrogens with zero attached hydrogens (tertiary/aromatic N) is 1. The molecule has 1 unspecified atom stereocenters. The van der Waals surface area contributed by atoms with E-state index >= 15 is 0 Å². The normalized spacial score (nSPS) is 22.2. The first-order valence-electron chi connectivity index (χ1n) is 9.50. The zero-order valence-corrected chi connectivity index (χ0v) is 16.0. The van der Waals surface area contributed by atoms with Crippen molar-refractivity contribution in [2.45, 2.75) is 43.4 Å². The molecule has 1 saturated heterocycles. The molecule has 0 spiro atoms. The van der Waals surface area contributed by atoms with Crippen LogP contribution >= 0.6 is 0 Å². The van der Waals surface area contributed by atoms with Crippen LogP contribution in [0.1, 0.15) is 46.4 Å². The third-order valence-electron chi connectivity index (χ3n) is 5.58. The van der Waals surface area contributed by atoms with E-state index in [4.69, 9.17) is 0 Å². The number of rotatable bonds is 5. The molecule has 0 aromatic heterocycles. The van der Waals surface area contributed by atoms with Gasteiger partial charge < -0.3 is 10.6 Å². The van der Waals surface area contributed by atoms with Gasteiger partial charge in [0.15, 0.2) is 0 Å². The highest BCUT2D eigenvalue weighted by molar-refractivity contribution is 6.25. The predicted molar refractivity (Wildman–Crippen MR) is 97.8 cm³/mol. The molecule has 9 nitrogen and oxygen atoms in total. The lowest BCUT2D eigenvalue weighted by Crippen LogP contribution is -2.54. The van der Waals surface area contributed by atoms with Gasteiger partial charge in [0.1, 0.15) is 11.6 Å². The van der Waals surface area contributed by atoms with E-state index in [9.17, 15) is 37.1 Å². The lowest BCUT2D eigenvalue weighted by molar-refractivity contribution is -0.169. The Bertz CT molecular complexity index is 1020. The topological polar surface area (TPSA) is 125 Å². The van der Waals surface area contributed by atoms with E-state index in [2.05, 4.69) is 10.6 Å². The number of carbonyl (C=O) groups excluding carboxylic acids is 5. The van der Waals surface area contributed by atoms with Gasteiger partial charge in [-0.2, -0.15) is 13.2 Å². The molecule has 0 bridgehead atoms. The maximum atomic E-state index is 13.0. The number of alkyl halides is 3. The van der Waals surface area contributed by atoms with E-state index in [1.54, 1.807) is 0 Å². The molecule has 5 amide bonds. The zero-order chi connectivity index (χ0) is 22.6. The summed E-state index contributed by atoms with van der Waals surface area (Å²) in [6.45, 7) is -0.547. The summed E-state index contributed by atoms with van der Waals surface area (Å²) in [6, 6.07) is 3.07. The Labute approximate surface area is 173 Å². The Morgan fingerprint density at radius 2 is 1.87 bits per heavy atom. The van der Waals surface area contributed by atoms with Gasteiger partial charge in [0.05, 0.1) is 17.7 Å². The quantitative estimate of drug-likeness (QED) is 0.582. The van der Waals surface area contributed by atoms with Crippen LogP contribution in [0.15, 0.2) is 18.2 Å². The van der Waals surface area contributed by atoms with Crippen molar-refractivity contribution in [3.63, 3.8) is 0 Å². The van der Waals surface area contributed by atoms with Gasteiger partial charge in [-0.05, 0) is 31.4 Å². The maximum absolute atomic E-state index is 13.0. The van der Waals surface area contributed by atoms with E-state index < -0.39 is 53.8 Å². The number of imide groups is 2. The molecule has 31 heavy (non-hydrogen) atoms. The minimum absolute atomic E-state index is 0.00550. The number of piperidine rings is 1. The molecule has 2 fully saturated rings. The first-order chi connectivity index (χ1) is 14.5. The van der Waals surface area contributed by atoms with Gasteiger partial charge in [0, 0.05) is 12.1 Å². The van der Waals surface area contributed by atoms with E-state index in [0.29, 0.717) is 0 Å². The highest BCUT2D eigenvalue weighted by atomic mass is 19.4. The molecule has 1 aromatic rings. The molecule has 2 heterocycles. The number of anilines is 1. The molecule has 4 rings (SSSR count). The first kappa shape index (κ1) is 20.8. The van der Waals surface area contributed by atoms with Gasteiger partial charge in [0.25, 0.3) is 11.8 Å². The number of fused-ring (bicyclic) bond motifs is 1. The Morgan fingerprint density at radius 1 is 1.16 bits per heavy atom. The van der Waals surface area contributed by atoms with Gasteiger partial charge in [0.2, 0.25) is 17.7 Å². The van der Waals surface area contributed by atoms with Crippen molar-refractivity contribution in [1.82, 2.24) is 15.5 Å². The van der Waals surface area contributed by atoms with Crippen LogP contribution in [-0.2, 0) is 14.4 Å². The molecule has 164 valence electrons. The molecule has 1 atom stereocenters. The molecule has 3 N–H and O–H groups in total. The number of hydrogen-bond donors (Lipinski definition) is 3. The summed E-state index contributed by atoms with van der Waals surface area (Å²) in [4.78, 5) is 61.9. The summed E-state index contributed by atoms with van der Waals surface area (Å²) in [7, 11) is 0. The fourth-order valence-corrected chi connectivity index (χ4v) is 3.75. The summed E-state index contributed by atoms with van der Waals surface area (Å²) in [6.07, 6.45) is -4.99. The number of carbonyl (C=O) groups is 5. The number of benzene rings is 1. The number of hydrogen-bond acceptors (Lipinski definition) is 6. The van der Waals surface area contributed by atoms with Gasteiger partial charge in [-0.3, -0.25) is 34.2 Å². The van der Waals surface area contributed by atoms with Crippen molar-refractivity contribution in [3.05, 3.63) is 29.3 Å².